The van der Waals surface area contributed by atoms with Crippen molar-refractivity contribution < 1.29 is 22.7 Å². The van der Waals surface area contributed by atoms with E-state index in [2.05, 4.69) is 10.0 Å². The molecule has 0 heterocycles. The molecule has 0 aliphatic carbocycles. The molecule has 9 heteroatoms. The molecule has 2 N–H and O–H groups in total. The number of hydrogen-bond acceptors (Lipinski definition) is 5. The van der Waals surface area contributed by atoms with E-state index in [9.17, 15) is 13.2 Å². The summed E-state index contributed by atoms with van der Waals surface area (Å²) in [6.07, 6.45) is 2.97. The van der Waals surface area contributed by atoms with Crippen LogP contribution in [0.25, 0.3) is 6.08 Å². The van der Waals surface area contributed by atoms with E-state index in [4.69, 9.17) is 21.1 Å². The van der Waals surface area contributed by atoms with Crippen LogP contribution >= 0.6 is 11.6 Å². The number of benzene rings is 3. The van der Waals surface area contributed by atoms with E-state index in [1.165, 1.54) is 31.4 Å². The summed E-state index contributed by atoms with van der Waals surface area (Å²) in [6.45, 7) is 0. The number of anilines is 2. The quantitative estimate of drug-likeness (QED) is 0.459. The van der Waals surface area contributed by atoms with Crippen LogP contribution in [0.2, 0.25) is 5.02 Å². The van der Waals surface area contributed by atoms with Gasteiger partial charge in [-0.15, -0.1) is 0 Å². The molecule has 0 saturated carbocycles. The average molecular weight is 473 g/mol. The van der Waals surface area contributed by atoms with Crippen LogP contribution in [0.5, 0.6) is 11.5 Å². The van der Waals surface area contributed by atoms with Gasteiger partial charge in [0.15, 0.2) is 0 Å². The minimum absolute atomic E-state index is 0.0392. The fourth-order valence-corrected chi connectivity index (χ4v) is 3.96. The molecule has 0 saturated heterocycles. The van der Waals surface area contributed by atoms with E-state index in [0.29, 0.717) is 22.2 Å². The Labute approximate surface area is 191 Å². The summed E-state index contributed by atoms with van der Waals surface area (Å²) in [5.74, 6) is 0.586. The molecule has 166 valence electrons. The van der Waals surface area contributed by atoms with Crippen LogP contribution in [0.3, 0.4) is 0 Å². The highest BCUT2D eigenvalue weighted by molar-refractivity contribution is 7.92. The van der Waals surface area contributed by atoms with E-state index in [-0.39, 0.29) is 10.6 Å². The number of nitrogens with one attached hydrogen (secondary N) is 2. The van der Waals surface area contributed by atoms with Crippen LogP contribution < -0.4 is 19.5 Å². The van der Waals surface area contributed by atoms with Crippen LogP contribution in [-0.2, 0) is 14.8 Å². The molecule has 0 aliphatic rings. The number of hydrogen-bond donors (Lipinski definition) is 2. The minimum Gasteiger partial charge on any atom is -0.497 e. The van der Waals surface area contributed by atoms with Crippen LogP contribution in [-0.4, -0.2) is 28.5 Å². The summed E-state index contributed by atoms with van der Waals surface area (Å²) in [6, 6.07) is 17.6. The van der Waals surface area contributed by atoms with Crippen molar-refractivity contribution in [2.75, 3.05) is 24.3 Å². The Balaban J connectivity index is 1.78. The van der Waals surface area contributed by atoms with Crippen molar-refractivity contribution in [3.05, 3.63) is 83.4 Å². The van der Waals surface area contributed by atoms with Gasteiger partial charge < -0.3 is 14.8 Å². The maximum absolute atomic E-state index is 12.8. The minimum atomic E-state index is -3.90. The lowest BCUT2D eigenvalue weighted by Gasteiger charge is -2.13. The monoisotopic (exact) mass is 472 g/mol. The van der Waals surface area contributed by atoms with E-state index in [1.54, 1.807) is 61.7 Å². The second-order valence-corrected chi connectivity index (χ2v) is 8.69. The summed E-state index contributed by atoms with van der Waals surface area (Å²) in [5.41, 5.74) is 1.38. The smallest absolute Gasteiger partial charge is 0.261 e. The van der Waals surface area contributed by atoms with Crippen molar-refractivity contribution in [3.63, 3.8) is 0 Å². The van der Waals surface area contributed by atoms with Crippen molar-refractivity contribution in [1.82, 2.24) is 0 Å². The molecule has 0 bridgehead atoms. The van der Waals surface area contributed by atoms with E-state index >= 15 is 0 Å². The molecule has 7 nitrogen and oxygen atoms in total. The van der Waals surface area contributed by atoms with E-state index in [1.807, 2.05) is 0 Å². The first-order valence-electron chi connectivity index (χ1n) is 9.40. The number of carbonyl (C=O) groups is 1. The standard InChI is InChI=1S/C23H21ClN2O5S/c1-30-19-10-3-16(4-11-19)5-14-23(27)25-21-15-20(12-13-22(21)31-2)32(28,29)26-18-8-6-17(24)7-9-18/h3-15,26H,1-2H3,(H,25,27)/b14-5+. The topological polar surface area (TPSA) is 93.7 Å². The van der Waals surface area contributed by atoms with Crippen LogP contribution in [0.1, 0.15) is 5.56 Å². The molecule has 0 aliphatic heterocycles. The second-order valence-electron chi connectivity index (χ2n) is 6.57. The number of carbonyl (C=O) groups excluding carboxylic acids is 1. The van der Waals surface area contributed by atoms with Gasteiger partial charge in [-0.1, -0.05) is 23.7 Å². The third-order valence-corrected chi connectivity index (χ3v) is 6.01. The van der Waals surface area contributed by atoms with Crippen molar-refractivity contribution in [1.29, 1.82) is 0 Å². The fourth-order valence-electron chi connectivity index (χ4n) is 2.75. The van der Waals surface area contributed by atoms with Gasteiger partial charge in [0.2, 0.25) is 5.91 Å². The van der Waals surface area contributed by atoms with Gasteiger partial charge in [0.25, 0.3) is 10.0 Å². The van der Waals surface area contributed by atoms with Crippen molar-refractivity contribution >= 4 is 45.0 Å². The molecule has 0 aromatic heterocycles. The summed E-state index contributed by atoms with van der Waals surface area (Å²) in [7, 11) is -0.898. The molecule has 0 unspecified atom stereocenters. The van der Waals surface area contributed by atoms with E-state index < -0.39 is 15.9 Å². The van der Waals surface area contributed by atoms with Gasteiger partial charge in [0.05, 0.1) is 24.8 Å². The Bertz CT molecular complexity index is 1220. The molecule has 0 radical (unpaired) electrons. The normalized spacial score (nSPS) is 11.2. The Morgan fingerprint density at radius 2 is 1.62 bits per heavy atom. The lowest BCUT2D eigenvalue weighted by Crippen LogP contribution is -2.14. The number of amides is 1. The molecule has 0 fully saturated rings. The largest absolute Gasteiger partial charge is 0.497 e. The highest BCUT2D eigenvalue weighted by Crippen LogP contribution is 2.29. The molecular weight excluding hydrogens is 452 g/mol. The van der Waals surface area contributed by atoms with Crippen molar-refractivity contribution in [2.24, 2.45) is 0 Å². The van der Waals surface area contributed by atoms with Gasteiger partial charge >= 0.3 is 0 Å². The molecule has 3 aromatic carbocycles. The molecule has 0 atom stereocenters. The number of ether oxygens (including phenoxy) is 2. The summed E-state index contributed by atoms with van der Waals surface area (Å²) in [4.78, 5) is 12.4. The predicted molar refractivity (Wildman–Crippen MR) is 126 cm³/mol. The van der Waals surface area contributed by atoms with Gasteiger partial charge in [0.1, 0.15) is 11.5 Å². The highest BCUT2D eigenvalue weighted by Gasteiger charge is 2.17. The molecule has 1 amide bonds. The van der Waals surface area contributed by atoms with E-state index in [0.717, 1.165) is 5.56 Å². The number of methoxy groups -OCH3 is 2. The Morgan fingerprint density at radius 1 is 0.938 bits per heavy atom. The maximum Gasteiger partial charge on any atom is 0.261 e. The molecule has 0 spiro atoms. The molecule has 3 rings (SSSR count). The number of rotatable bonds is 8. The van der Waals surface area contributed by atoms with Crippen LogP contribution in [0, 0.1) is 0 Å². The van der Waals surface area contributed by atoms with Gasteiger partial charge in [-0.2, -0.15) is 0 Å². The predicted octanol–water partition coefficient (Wildman–Crippen LogP) is 4.81. The average Bonchev–Trinajstić information content (AvgIpc) is 2.79. The molecule has 3 aromatic rings. The SMILES string of the molecule is COc1ccc(/C=C/C(=O)Nc2cc(S(=O)(=O)Nc3ccc(Cl)cc3)ccc2OC)cc1. The third-order valence-electron chi connectivity index (χ3n) is 4.38. The zero-order valence-electron chi connectivity index (χ0n) is 17.3. The molecular formula is C23H21ClN2O5S. The van der Waals surface area contributed by atoms with Gasteiger partial charge in [-0.05, 0) is 66.2 Å². The van der Waals surface area contributed by atoms with Crippen LogP contribution in [0.4, 0.5) is 11.4 Å². The summed E-state index contributed by atoms with van der Waals surface area (Å²) in [5, 5.41) is 3.14. The summed E-state index contributed by atoms with van der Waals surface area (Å²) < 4.78 is 38.4. The zero-order chi connectivity index (χ0) is 23.1. The lowest BCUT2D eigenvalue weighted by molar-refractivity contribution is -0.111. The lowest BCUT2D eigenvalue weighted by atomic mass is 10.2. The van der Waals surface area contributed by atoms with Crippen molar-refractivity contribution in [3.8, 4) is 11.5 Å². The zero-order valence-corrected chi connectivity index (χ0v) is 18.9. The molecule has 32 heavy (non-hydrogen) atoms. The van der Waals surface area contributed by atoms with Crippen molar-refractivity contribution in [2.45, 2.75) is 4.90 Å². The number of sulfonamides is 1. The Kier molecular flexibility index (Phi) is 7.40. The Morgan fingerprint density at radius 3 is 2.25 bits per heavy atom. The third kappa shape index (κ3) is 6.03. The Hall–Kier alpha value is -3.49. The van der Waals surface area contributed by atoms with Crippen LogP contribution in [0.15, 0.2) is 77.7 Å². The second kappa shape index (κ2) is 10.2. The fraction of sp³-hybridized carbons (Fsp3) is 0.0870. The number of halogens is 1. The summed E-state index contributed by atoms with van der Waals surface area (Å²) >= 11 is 5.84. The van der Waals surface area contributed by atoms with Gasteiger partial charge in [-0.25, -0.2) is 8.42 Å². The van der Waals surface area contributed by atoms with Gasteiger partial charge in [-0.3, -0.25) is 9.52 Å². The first kappa shape index (κ1) is 23.2. The maximum atomic E-state index is 12.8. The highest BCUT2D eigenvalue weighted by atomic mass is 35.5. The first-order chi connectivity index (χ1) is 15.3. The van der Waals surface area contributed by atoms with Gasteiger partial charge in [0, 0.05) is 16.8 Å². The first-order valence-corrected chi connectivity index (χ1v) is 11.3.